The van der Waals surface area contributed by atoms with Crippen molar-refractivity contribution in [1.82, 2.24) is 0 Å². The average molecular weight is 628 g/mol. The second kappa shape index (κ2) is 10.4. The third-order valence-electron chi connectivity index (χ3n) is 10.6. The van der Waals surface area contributed by atoms with Crippen molar-refractivity contribution < 1.29 is 4.42 Å². The second-order valence-electron chi connectivity index (χ2n) is 13.8. The Balaban J connectivity index is 1.19. The molecule has 49 heavy (non-hydrogen) atoms. The molecule has 1 aliphatic carbocycles. The lowest BCUT2D eigenvalue weighted by Gasteiger charge is -2.29. The fourth-order valence-corrected chi connectivity index (χ4v) is 8.13. The van der Waals surface area contributed by atoms with Crippen LogP contribution < -0.4 is 4.90 Å². The van der Waals surface area contributed by atoms with Crippen molar-refractivity contribution in [3.8, 4) is 22.3 Å². The predicted molar refractivity (Wildman–Crippen MR) is 206 cm³/mol. The zero-order valence-corrected chi connectivity index (χ0v) is 27.4. The Bertz CT molecular complexity index is 2730. The number of anilines is 3. The molecule has 2 nitrogen and oxygen atoms in total. The highest BCUT2D eigenvalue weighted by Gasteiger charge is 2.36. The summed E-state index contributed by atoms with van der Waals surface area (Å²) in [5, 5.41) is 7.11. The van der Waals surface area contributed by atoms with Crippen LogP contribution in [0.4, 0.5) is 17.1 Å². The van der Waals surface area contributed by atoms with Crippen molar-refractivity contribution in [2.24, 2.45) is 0 Å². The molecule has 0 saturated heterocycles. The van der Waals surface area contributed by atoms with E-state index < -0.39 is 0 Å². The van der Waals surface area contributed by atoms with Crippen molar-refractivity contribution in [2.45, 2.75) is 19.3 Å². The van der Waals surface area contributed by atoms with E-state index in [0.717, 1.165) is 49.8 Å². The minimum absolute atomic E-state index is 0.146. The highest BCUT2D eigenvalue weighted by molar-refractivity contribution is 6.17. The summed E-state index contributed by atoms with van der Waals surface area (Å²) >= 11 is 0. The molecule has 0 bridgehead atoms. The maximum atomic E-state index is 6.51. The Hall–Kier alpha value is -6.12. The lowest BCUT2D eigenvalue weighted by molar-refractivity contribution is 0.661. The number of hydrogen-bond acceptors (Lipinski definition) is 2. The molecule has 2 heteroatoms. The van der Waals surface area contributed by atoms with Gasteiger partial charge in [-0.1, -0.05) is 123 Å². The highest BCUT2D eigenvalue weighted by atomic mass is 16.3. The predicted octanol–water partition coefficient (Wildman–Crippen LogP) is 13.3. The lowest BCUT2D eigenvalue weighted by atomic mass is 9.81. The molecule has 0 radical (unpaired) electrons. The first-order valence-corrected chi connectivity index (χ1v) is 17.0. The summed E-state index contributed by atoms with van der Waals surface area (Å²) in [6.45, 7) is 4.73. The molecule has 1 aliphatic rings. The van der Waals surface area contributed by atoms with E-state index in [-0.39, 0.29) is 5.41 Å². The molecule has 0 aliphatic heterocycles. The van der Waals surface area contributed by atoms with Gasteiger partial charge < -0.3 is 9.32 Å². The van der Waals surface area contributed by atoms with Crippen LogP contribution in [0.25, 0.3) is 65.7 Å². The van der Waals surface area contributed by atoms with E-state index in [1.165, 1.54) is 44.2 Å². The zero-order chi connectivity index (χ0) is 32.7. The third kappa shape index (κ3) is 4.20. The van der Waals surface area contributed by atoms with Crippen molar-refractivity contribution in [1.29, 1.82) is 0 Å². The van der Waals surface area contributed by atoms with Crippen molar-refractivity contribution >= 4 is 60.5 Å². The fourth-order valence-electron chi connectivity index (χ4n) is 8.13. The monoisotopic (exact) mass is 627 g/mol. The van der Waals surface area contributed by atoms with Crippen LogP contribution in [0, 0.1) is 0 Å². The number of fused-ring (bicyclic) bond motifs is 9. The lowest BCUT2D eigenvalue weighted by Crippen LogP contribution is -2.16. The van der Waals surface area contributed by atoms with Crippen LogP contribution >= 0.6 is 0 Å². The van der Waals surface area contributed by atoms with E-state index in [2.05, 4.69) is 176 Å². The molecular formula is C47H33NO. The maximum Gasteiger partial charge on any atom is 0.143 e. The molecule has 0 unspecified atom stereocenters. The number of para-hydroxylation sites is 1. The normalized spacial score (nSPS) is 13.3. The van der Waals surface area contributed by atoms with Crippen LogP contribution in [0.2, 0.25) is 0 Å². The van der Waals surface area contributed by atoms with Gasteiger partial charge >= 0.3 is 0 Å². The molecule has 1 heterocycles. The van der Waals surface area contributed by atoms with E-state index in [1.54, 1.807) is 0 Å². The van der Waals surface area contributed by atoms with Gasteiger partial charge in [0, 0.05) is 38.3 Å². The molecule has 0 fully saturated rings. The Morgan fingerprint density at radius 1 is 0.449 bits per heavy atom. The van der Waals surface area contributed by atoms with Crippen LogP contribution in [0.1, 0.15) is 25.0 Å². The average Bonchev–Trinajstić information content (AvgIpc) is 3.64. The third-order valence-corrected chi connectivity index (χ3v) is 10.6. The molecule has 0 spiro atoms. The van der Waals surface area contributed by atoms with Gasteiger partial charge in [0.1, 0.15) is 11.2 Å². The molecule has 9 aromatic rings. The van der Waals surface area contributed by atoms with Crippen LogP contribution in [-0.2, 0) is 5.41 Å². The molecule has 10 rings (SSSR count). The summed E-state index contributed by atoms with van der Waals surface area (Å²) in [6.07, 6.45) is 0. The van der Waals surface area contributed by atoms with Gasteiger partial charge in [-0.25, -0.2) is 0 Å². The van der Waals surface area contributed by atoms with Crippen LogP contribution in [0.15, 0.2) is 168 Å². The fraction of sp³-hybridized carbons (Fsp3) is 0.0638. The number of furan rings is 1. The zero-order valence-electron chi connectivity index (χ0n) is 27.4. The first-order chi connectivity index (χ1) is 24.0. The standard InChI is InChI=1S/C47H33NO/c1-47(2)42-28-33-14-7-6-13-32(33)27-41(42)36-24-23-35(29-43(36)47)48(34-21-19-31(20-22-34)30-11-4-3-5-12-30)44-17-10-16-39-37(44)25-26-40-38-15-8-9-18-45(38)49-46(39)40/h3-29H,1-2H3. The summed E-state index contributed by atoms with van der Waals surface area (Å²) in [5.74, 6) is 0. The molecule has 8 aromatic carbocycles. The van der Waals surface area contributed by atoms with Gasteiger partial charge in [-0.3, -0.25) is 0 Å². The Labute approximate surface area is 285 Å². The number of rotatable bonds is 4. The van der Waals surface area contributed by atoms with Gasteiger partial charge in [-0.15, -0.1) is 0 Å². The maximum absolute atomic E-state index is 6.51. The summed E-state index contributed by atoms with van der Waals surface area (Å²) < 4.78 is 6.51. The number of benzene rings is 8. The number of hydrogen-bond donors (Lipinski definition) is 0. The highest BCUT2D eigenvalue weighted by Crippen LogP contribution is 2.52. The molecule has 0 saturated carbocycles. The summed E-state index contributed by atoms with van der Waals surface area (Å²) in [6, 6.07) is 59.5. The van der Waals surface area contributed by atoms with Crippen LogP contribution in [0.5, 0.6) is 0 Å². The summed E-state index contributed by atoms with van der Waals surface area (Å²) in [7, 11) is 0. The van der Waals surface area contributed by atoms with E-state index in [4.69, 9.17) is 4.42 Å². The van der Waals surface area contributed by atoms with E-state index in [1.807, 2.05) is 6.07 Å². The minimum atomic E-state index is -0.146. The van der Waals surface area contributed by atoms with Gasteiger partial charge in [-0.2, -0.15) is 0 Å². The summed E-state index contributed by atoms with van der Waals surface area (Å²) in [4.78, 5) is 2.42. The van der Waals surface area contributed by atoms with E-state index in [9.17, 15) is 0 Å². The van der Waals surface area contributed by atoms with Crippen LogP contribution in [-0.4, -0.2) is 0 Å². The molecule has 0 amide bonds. The van der Waals surface area contributed by atoms with E-state index >= 15 is 0 Å². The van der Waals surface area contributed by atoms with Crippen molar-refractivity contribution in [2.75, 3.05) is 4.90 Å². The topological polar surface area (TPSA) is 16.4 Å². The van der Waals surface area contributed by atoms with Gasteiger partial charge in [0.2, 0.25) is 0 Å². The smallest absolute Gasteiger partial charge is 0.143 e. The SMILES string of the molecule is CC1(C)c2cc(N(c3ccc(-c4ccccc4)cc3)c3cccc4c3ccc3c5ccccc5oc43)ccc2-c2cc3ccccc3cc21. The molecular weight excluding hydrogens is 595 g/mol. The first-order valence-electron chi connectivity index (χ1n) is 17.0. The Morgan fingerprint density at radius 3 is 1.92 bits per heavy atom. The molecule has 0 atom stereocenters. The van der Waals surface area contributed by atoms with Gasteiger partial charge in [0.05, 0.1) is 5.69 Å². The summed E-state index contributed by atoms with van der Waals surface area (Å²) in [5.41, 5.74) is 12.8. The van der Waals surface area contributed by atoms with Crippen molar-refractivity contribution in [3.63, 3.8) is 0 Å². The van der Waals surface area contributed by atoms with Crippen molar-refractivity contribution in [3.05, 3.63) is 175 Å². The Morgan fingerprint density at radius 2 is 1.08 bits per heavy atom. The molecule has 0 N–H and O–H groups in total. The van der Waals surface area contributed by atoms with Crippen LogP contribution in [0.3, 0.4) is 0 Å². The first kappa shape index (κ1) is 27.9. The Kier molecular flexibility index (Phi) is 5.95. The molecule has 232 valence electrons. The quantitative estimate of drug-likeness (QED) is 0.193. The minimum Gasteiger partial charge on any atom is -0.455 e. The van der Waals surface area contributed by atoms with E-state index in [0.29, 0.717) is 0 Å². The largest absolute Gasteiger partial charge is 0.455 e. The van der Waals surface area contributed by atoms with Gasteiger partial charge in [-0.05, 0) is 98.8 Å². The second-order valence-corrected chi connectivity index (χ2v) is 13.8. The molecule has 1 aromatic heterocycles. The number of nitrogens with zero attached hydrogens (tertiary/aromatic N) is 1. The van der Waals surface area contributed by atoms with Gasteiger partial charge in [0.25, 0.3) is 0 Å². The van der Waals surface area contributed by atoms with Gasteiger partial charge in [0.15, 0.2) is 0 Å².